The number of carbonyl (C=O) groups excluding carboxylic acids is 1. The van der Waals surface area contributed by atoms with E-state index in [1.807, 2.05) is 24.3 Å². The molecule has 0 atom stereocenters. The van der Waals surface area contributed by atoms with E-state index in [1.165, 1.54) is 6.07 Å². The molecule has 7 heteroatoms. The van der Waals surface area contributed by atoms with Gasteiger partial charge < -0.3 is 10.1 Å². The Kier molecular flexibility index (Phi) is 3.58. The SMILES string of the molecule is O=C1COc2ccc(NS(=O)(=O)c3ccc4ccccc4c3)cc2N1. The van der Waals surface area contributed by atoms with Crippen LogP contribution >= 0.6 is 0 Å². The predicted molar refractivity (Wildman–Crippen MR) is 95.3 cm³/mol. The summed E-state index contributed by atoms with van der Waals surface area (Å²) in [5, 5.41) is 4.46. The quantitative estimate of drug-likeness (QED) is 0.757. The van der Waals surface area contributed by atoms with Gasteiger partial charge >= 0.3 is 0 Å². The Bertz CT molecular complexity index is 1090. The summed E-state index contributed by atoms with van der Waals surface area (Å²) in [4.78, 5) is 11.6. The smallest absolute Gasteiger partial charge is 0.262 e. The number of amides is 1. The molecule has 3 aromatic carbocycles. The Balaban J connectivity index is 1.66. The van der Waals surface area contributed by atoms with Crippen LogP contribution in [-0.2, 0) is 14.8 Å². The van der Waals surface area contributed by atoms with E-state index in [1.54, 1.807) is 30.3 Å². The van der Waals surface area contributed by atoms with Crippen molar-refractivity contribution in [1.82, 2.24) is 0 Å². The van der Waals surface area contributed by atoms with Gasteiger partial charge in [-0.05, 0) is 41.1 Å². The number of rotatable bonds is 3. The van der Waals surface area contributed by atoms with Crippen molar-refractivity contribution in [3.8, 4) is 5.75 Å². The molecule has 1 heterocycles. The molecular weight excluding hydrogens is 340 g/mol. The maximum atomic E-state index is 12.6. The third-order valence-electron chi connectivity index (χ3n) is 3.90. The monoisotopic (exact) mass is 354 g/mol. The van der Waals surface area contributed by atoms with Crippen LogP contribution < -0.4 is 14.8 Å². The number of sulfonamides is 1. The van der Waals surface area contributed by atoms with Gasteiger partial charge in [0.2, 0.25) is 0 Å². The van der Waals surface area contributed by atoms with E-state index in [2.05, 4.69) is 10.0 Å². The molecule has 0 fully saturated rings. The molecule has 0 saturated heterocycles. The van der Waals surface area contributed by atoms with Crippen LogP contribution in [0.1, 0.15) is 0 Å². The lowest BCUT2D eigenvalue weighted by molar-refractivity contribution is -0.118. The summed E-state index contributed by atoms with van der Waals surface area (Å²) in [7, 11) is -3.75. The second-order valence-electron chi connectivity index (χ2n) is 5.66. The summed E-state index contributed by atoms with van der Waals surface area (Å²) in [5.41, 5.74) is 0.785. The summed E-state index contributed by atoms with van der Waals surface area (Å²) in [6.45, 7) is -0.0465. The van der Waals surface area contributed by atoms with Crippen molar-refractivity contribution in [3.05, 3.63) is 60.7 Å². The molecule has 0 spiro atoms. The van der Waals surface area contributed by atoms with Crippen LogP contribution in [0.15, 0.2) is 65.6 Å². The lowest BCUT2D eigenvalue weighted by atomic mass is 10.1. The lowest BCUT2D eigenvalue weighted by Crippen LogP contribution is -2.25. The molecule has 25 heavy (non-hydrogen) atoms. The minimum absolute atomic E-state index is 0.0465. The van der Waals surface area contributed by atoms with Gasteiger partial charge in [0.25, 0.3) is 15.9 Å². The van der Waals surface area contributed by atoms with Crippen molar-refractivity contribution >= 4 is 38.1 Å². The number of benzene rings is 3. The van der Waals surface area contributed by atoms with Crippen LogP contribution in [0.3, 0.4) is 0 Å². The standard InChI is InChI=1S/C18H14N2O4S/c21-18-11-24-17-8-6-14(10-16(17)19-18)20-25(22,23)15-7-5-12-3-1-2-4-13(12)9-15/h1-10,20H,11H2,(H,19,21). The summed E-state index contributed by atoms with van der Waals surface area (Å²) < 4.78 is 33.1. The molecule has 3 aromatic rings. The van der Waals surface area contributed by atoms with Crippen LogP contribution in [0.5, 0.6) is 5.75 Å². The Morgan fingerprint density at radius 1 is 0.960 bits per heavy atom. The molecule has 1 aliphatic heterocycles. The lowest BCUT2D eigenvalue weighted by Gasteiger charge is -2.19. The highest BCUT2D eigenvalue weighted by atomic mass is 32.2. The zero-order valence-electron chi connectivity index (χ0n) is 13.0. The van der Waals surface area contributed by atoms with Gasteiger partial charge in [0.15, 0.2) is 6.61 Å². The highest BCUT2D eigenvalue weighted by Gasteiger charge is 2.19. The van der Waals surface area contributed by atoms with E-state index in [0.29, 0.717) is 17.1 Å². The number of ether oxygens (including phenoxy) is 1. The number of hydrogen-bond donors (Lipinski definition) is 2. The minimum atomic E-state index is -3.75. The molecule has 4 rings (SSSR count). The summed E-state index contributed by atoms with van der Waals surface area (Å²) in [6, 6.07) is 17.2. The van der Waals surface area contributed by atoms with E-state index < -0.39 is 10.0 Å². The van der Waals surface area contributed by atoms with E-state index in [4.69, 9.17) is 4.74 Å². The fourth-order valence-electron chi connectivity index (χ4n) is 2.70. The minimum Gasteiger partial charge on any atom is -0.482 e. The molecule has 6 nitrogen and oxygen atoms in total. The fraction of sp³-hybridized carbons (Fsp3) is 0.0556. The molecule has 1 aliphatic rings. The first-order chi connectivity index (χ1) is 12.0. The van der Waals surface area contributed by atoms with Gasteiger partial charge in [-0.15, -0.1) is 0 Å². The predicted octanol–water partition coefficient (Wildman–Crippen LogP) is 2.97. The fourth-order valence-corrected chi connectivity index (χ4v) is 3.78. The molecule has 1 amide bonds. The number of hydrogen-bond acceptors (Lipinski definition) is 4. The van der Waals surface area contributed by atoms with Crippen molar-refractivity contribution in [2.45, 2.75) is 4.90 Å². The highest BCUT2D eigenvalue weighted by Crippen LogP contribution is 2.31. The van der Waals surface area contributed by atoms with Crippen molar-refractivity contribution in [3.63, 3.8) is 0 Å². The highest BCUT2D eigenvalue weighted by molar-refractivity contribution is 7.92. The number of anilines is 2. The Labute approximate surface area is 144 Å². The Hall–Kier alpha value is -3.06. The van der Waals surface area contributed by atoms with Gasteiger partial charge in [-0.2, -0.15) is 0 Å². The first kappa shape index (κ1) is 15.5. The van der Waals surface area contributed by atoms with Crippen LogP contribution in [-0.4, -0.2) is 20.9 Å². The number of fused-ring (bicyclic) bond motifs is 2. The first-order valence-electron chi connectivity index (χ1n) is 7.60. The van der Waals surface area contributed by atoms with Gasteiger partial charge in [0.1, 0.15) is 5.75 Å². The van der Waals surface area contributed by atoms with Gasteiger partial charge in [-0.3, -0.25) is 9.52 Å². The molecule has 0 saturated carbocycles. The third-order valence-corrected chi connectivity index (χ3v) is 5.27. The summed E-state index contributed by atoms with van der Waals surface area (Å²) in [6.07, 6.45) is 0. The molecule has 0 unspecified atom stereocenters. The molecule has 126 valence electrons. The van der Waals surface area contributed by atoms with Crippen LogP contribution in [0.25, 0.3) is 10.8 Å². The molecule has 0 aliphatic carbocycles. The molecule has 0 aromatic heterocycles. The Morgan fingerprint density at radius 2 is 1.76 bits per heavy atom. The molecular formula is C18H14N2O4S. The van der Waals surface area contributed by atoms with E-state index in [-0.39, 0.29) is 17.4 Å². The van der Waals surface area contributed by atoms with Crippen LogP contribution in [0, 0.1) is 0 Å². The van der Waals surface area contributed by atoms with Gasteiger partial charge in [-0.25, -0.2) is 8.42 Å². The zero-order valence-corrected chi connectivity index (χ0v) is 13.8. The van der Waals surface area contributed by atoms with Crippen molar-refractivity contribution in [2.24, 2.45) is 0 Å². The first-order valence-corrected chi connectivity index (χ1v) is 9.08. The molecule has 0 radical (unpaired) electrons. The summed E-state index contributed by atoms with van der Waals surface area (Å²) in [5.74, 6) is 0.232. The van der Waals surface area contributed by atoms with E-state index in [0.717, 1.165) is 10.8 Å². The van der Waals surface area contributed by atoms with Gasteiger partial charge in [0.05, 0.1) is 16.3 Å². The van der Waals surface area contributed by atoms with E-state index in [9.17, 15) is 13.2 Å². The van der Waals surface area contributed by atoms with Crippen molar-refractivity contribution in [1.29, 1.82) is 0 Å². The van der Waals surface area contributed by atoms with Gasteiger partial charge in [-0.1, -0.05) is 30.3 Å². The normalized spacial score (nSPS) is 13.7. The number of carbonyl (C=O) groups is 1. The van der Waals surface area contributed by atoms with Crippen molar-refractivity contribution < 1.29 is 17.9 Å². The second-order valence-corrected chi connectivity index (χ2v) is 7.34. The average molecular weight is 354 g/mol. The molecule has 2 N–H and O–H groups in total. The van der Waals surface area contributed by atoms with Gasteiger partial charge in [0, 0.05) is 0 Å². The molecule has 0 bridgehead atoms. The Morgan fingerprint density at radius 3 is 2.60 bits per heavy atom. The second kappa shape index (κ2) is 5.78. The maximum absolute atomic E-state index is 12.6. The third kappa shape index (κ3) is 3.01. The van der Waals surface area contributed by atoms with Crippen molar-refractivity contribution in [2.75, 3.05) is 16.6 Å². The maximum Gasteiger partial charge on any atom is 0.262 e. The topological polar surface area (TPSA) is 84.5 Å². The zero-order chi connectivity index (χ0) is 17.4. The average Bonchev–Trinajstić information content (AvgIpc) is 2.60. The summed E-state index contributed by atoms with van der Waals surface area (Å²) >= 11 is 0. The number of nitrogens with one attached hydrogen (secondary N) is 2. The van der Waals surface area contributed by atoms with E-state index >= 15 is 0 Å². The van der Waals surface area contributed by atoms with Crippen LogP contribution in [0.4, 0.5) is 11.4 Å². The largest absolute Gasteiger partial charge is 0.482 e. The van der Waals surface area contributed by atoms with Crippen LogP contribution in [0.2, 0.25) is 0 Å².